The molecule has 0 spiro atoms. The lowest BCUT2D eigenvalue weighted by Gasteiger charge is -2.19. The van der Waals surface area contributed by atoms with Crippen LogP contribution >= 0.6 is 0 Å². The highest BCUT2D eigenvalue weighted by atomic mass is 16.5. The molecule has 0 radical (unpaired) electrons. The predicted molar refractivity (Wildman–Crippen MR) is 84.0 cm³/mol. The number of Topliss-reactive ketones (excluding diaryl/α,β-unsaturated/α-hetero) is 1. The van der Waals surface area contributed by atoms with Gasteiger partial charge in [-0.2, -0.15) is 0 Å². The number of fused-ring (bicyclic) bond motifs is 1. The van der Waals surface area contributed by atoms with Gasteiger partial charge in [-0.1, -0.05) is 0 Å². The van der Waals surface area contributed by atoms with E-state index < -0.39 is 0 Å². The predicted octanol–water partition coefficient (Wildman–Crippen LogP) is 2.30. The number of likely N-dealkylation sites (tertiary alicyclic amines) is 1. The highest BCUT2D eigenvalue weighted by Crippen LogP contribution is 2.22. The quantitative estimate of drug-likeness (QED) is 0.946. The van der Waals surface area contributed by atoms with Gasteiger partial charge in [-0.05, 0) is 30.7 Å². The number of hydrogen-bond donors (Lipinski definition) is 1. The lowest BCUT2D eigenvalue weighted by Crippen LogP contribution is -2.33. The summed E-state index contributed by atoms with van der Waals surface area (Å²) in [5, 5.41) is 1.04. The minimum absolute atomic E-state index is 0.0771. The summed E-state index contributed by atoms with van der Waals surface area (Å²) in [6, 6.07) is 7.78. The lowest BCUT2D eigenvalue weighted by atomic mass is 10.2. The molecule has 1 aromatic heterocycles. The fourth-order valence-electron chi connectivity index (χ4n) is 2.88. The number of aromatic amines is 1. The van der Waals surface area contributed by atoms with Gasteiger partial charge in [-0.3, -0.25) is 9.59 Å². The minimum atomic E-state index is 0.0771. The number of hydrogen-bond acceptors (Lipinski definition) is 3. The summed E-state index contributed by atoms with van der Waals surface area (Å²) in [5.74, 6) is 1.14. The van der Waals surface area contributed by atoms with Crippen LogP contribution < -0.4 is 4.74 Å². The molecule has 22 heavy (non-hydrogen) atoms. The number of rotatable bonds is 3. The van der Waals surface area contributed by atoms with E-state index in [1.165, 1.54) is 0 Å². The normalized spacial score (nSPS) is 15.9. The zero-order valence-electron chi connectivity index (χ0n) is 12.7. The van der Waals surface area contributed by atoms with E-state index in [1.807, 2.05) is 24.3 Å². The highest BCUT2D eigenvalue weighted by molar-refractivity contribution is 5.86. The fourth-order valence-corrected chi connectivity index (χ4v) is 2.88. The van der Waals surface area contributed by atoms with Crippen molar-refractivity contribution in [2.75, 3.05) is 20.2 Å². The zero-order valence-corrected chi connectivity index (χ0v) is 12.7. The number of benzene rings is 1. The number of H-pyrrole nitrogens is 1. The first kappa shape index (κ1) is 14.6. The van der Waals surface area contributed by atoms with Gasteiger partial charge in [0.1, 0.15) is 11.5 Å². The summed E-state index contributed by atoms with van der Waals surface area (Å²) in [6.45, 7) is 1.23. The minimum Gasteiger partial charge on any atom is -0.497 e. The van der Waals surface area contributed by atoms with Gasteiger partial charge in [0.25, 0.3) is 0 Å². The topological polar surface area (TPSA) is 62.4 Å². The number of methoxy groups -OCH3 is 1. The van der Waals surface area contributed by atoms with E-state index in [-0.39, 0.29) is 11.7 Å². The molecule has 1 fully saturated rings. The fraction of sp³-hybridized carbons (Fsp3) is 0.412. The number of ketones is 1. The van der Waals surface area contributed by atoms with Crippen LogP contribution in [-0.4, -0.2) is 41.8 Å². The van der Waals surface area contributed by atoms with Crippen LogP contribution in [-0.2, 0) is 16.0 Å². The van der Waals surface area contributed by atoms with Crippen LogP contribution in [0, 0.1) is 0 Å². The first-order valence-electron chi connectivity index (χ1n) is 7.61. The van der Waals surface area contributed by atoms with E-state index in [0.29, 0.717) is 32.4 Å². The van der Waals surface area contributed by atoms with E-state index in [4.69, 9.17) is 4.74 Å². The molecule has 1 saturated heterocycles. The first-order valence-corrected chi connectivity index (χ1v) is 7.61. The largest absolute Gasteiger partial charge is 0.497 e. The third-order valence-corrected chi connectivity index (χ3v) is 4.12. The Morgan fingerprint density at radius 3 is 2.95 bits per heavy atom. The van der Waals surface area contributed by atoms with Gasteiger partial charge in [0.15, 0.2) is 0 Å². The van der Waals surface area contributed by atoms with E-state index in [2.05, 4.69) is 4.98 Å². The molecule has 1 aliphatic rings. The first-order chi connectivity index (χ1) is 10.7. The third kappa shape index (κ3) is 3.13. The molecule has 0 unspecified atom stereocenters. The second kappa shape index (κ2) is 6.22. The number of aromatic nitrogens is 1. The molecule has 0 saturated carbocycles. The number of carbonyl (C=O) groups excluding carboxylic acids is 2. The van der Waals surface area contributed by atoms with Crippen LogP contribution in [0.1, 0.15) is 25.0 Å². The average Bonchev–Trinajstić information content (AvgIpc) is 2.77. The molecule has 3 rings (SSSR count). The van der Waals surface area contributed by atoms with Crippen molar-refractivity contribution in [3.05, 3.63) is 30.0 Å². The molecule has 5 nitrogen and oxygen atoms in total. The van der Waals surface area contributed by atoms with Crippen molar-refractivity contribution in [3.63, 3.8) is 0 Å². The number of amides is 1. The summed E-state index contributed by atoms with van der Waals surface area (Å²) in [4.78, 5) is 28.9. The van der Waals surface area contributed by atoms with Gasteiger partial charge in [0.05, 0.1) is 13.5 Å². The standard InChI is InChI=1S/C17H20N2O3/c1-22-15-4-5-16-12(10-15)9-13(18-16)11-17(21)19-7-2-3-14(20)6-8-19/h4-5,9-10,18H,2-3,6-8,11H2,1H3. The van der Waals surface area contributed by atoms with E-state index >= 15 is 0 Å². The average molecular weight is 300 g/mol. The maximum absolute atomic E-state index is 12.4. The summed E-state index contributed by atoms with van der Waals surface area (Å²) >= 11 is 0. The number of nitrogens with zero attached hydrogens (tertiary/aromatic N) is 1. The van der Waals surface area contributed by atoms with Gasteiger partial charge >= 0.3 is 0 Å². The van der Waals surface area contributed by atoms with Crippen LogP contribution in [0.25, 0.3) is 10.9 Å². The van der Waals surface area contributed by atoms with Gasteiger partial charge in [-0.25, -0.2) is 0 Å². The second-order valence-electron chi connectivity index (χ2n) is 5.70. The van der Waals surface area contributed by atoms with E-state index in [9.17, 15) is 9.59 Å². The molecule has 0 aliphatic carbocycles. The molecule has 1 amide bonds. The lowest BCUT2D eigenvalue weighted by molar-refractivity contribution is -0.130. The van der Waals surface area contributed by atoms with E-state index in [1.54, 1.807) is 12.0 Å². The monoisotopic (exact) mass is 300 g/mol. The molecule has 0 atom stereocenters. The van der Waals surface area contributed by atoms with Crippen LogP contribution in [0.2, 0.25) is 0 Å². The highest BCUT2D eigenvalue weighted by Gasteiger charge is 2.19. The Kier molecular flexibility index (Phi) is 4.13. The Bertz CT molecular complexity index is 705. The van der Waals surface area contributed by atoms with Crippen molar-refractivity contribution in [3.8, 4) is 5.75 Å². The number of ether oxygens (including phenoxy) is 1. The molecular weight excluding hydrogens is 280 g/mol. The molecular formula is C17H20N2O3. The molecule has 0 bridgehead atoms. The van der Waals surface area contributed by atoms with Crippen LogP contribution in [0.3, 0.4) is 0 Å². The van der Waals surface area contributed by atoms with Gasteiger partial charge in [-0.15, -0.1) is 0 Å². The Labute approximate surface area is 129 Å². The van der Waals surface area contributed by atoms with Crippen molar-refractivity contribution in [1.29, 1.82) is 0 Å². The maximum Gasteiger partial charge on any atom is 0.228 e. The Morgan fingerprint density at radius 2 is 2.14 bits per heavy atom. The number of carbonyl (C=O) groups is 2. The maximum atomic E-state index is 12.4. The molecule has 2 aromatic rings. The second-order valence-corrected chi connectivity index (χ2v) is 5.70. The van der Waals surface area contributed by atoms with Crippen LogP contribution in [0.4, 0.5) is 0 Å². The smallest absolute Gasteiger partial charge is 0.228 e. The molecule has 116 valence electrons. The van der Waals surface area contributed by atoms with E-state index in [0.717, 1.165) is 28.8 Å². The Balaban J connectivity index is 1.72. The summed E-state index contributed by atoms with van der Waals surface area (Å²) in [5.41, 5.74) is 1.89. The van der Waals surface area contributed by atoms with Crippen LogP contribution in [0.5, 0.6) is 5.75 Å². The summed E-state index contributed by atoms with van der Waals surface area (Å²) in [7, 11) is 1.64. The molecule has 1 N–H and O–H groups in total. The van der Waals surface area contributed by atoms with Gasteiger partial charge in [0, 0.05) is 42.5 Å². The Hall–Kier alpha value is -2.30. The van der Waals surface area contributed by atoms with Crippen LogP contribution in [0.15, 0.2) is 24.3 Å². The number of nitrogens with one attached hydrogen (secondary N) is 1. The SMILES string of the molecule is COc1ccc2[nH]c(CC(=O)N3CCCC(=O)CC3)cc2c1. The van der Waals surface area contributed by atoms with Gasteiger partial charge in [0.2, 0.25) is 5.91 Å². The third-order valence-electron chi connectivity index (χ3n) is 4.12. The van der Waals surface area contributed by atoms with Crippen molar-refractivity contribution >= 4 is 22.6 Å². The van der Waals surface area contributed by atoms with Crippen molar-refractivity contribution in [1.82, 2.24) is 9.88 Å². The van der Waals surface area contributed by atoms with Gasteiger partial charge < -0.3 is 14.6 Å². The zero-order chi connectivity index (χ0) is 15.5. The summed E-state index contributed by atoms with van der Waals surface area (Å²) in [6.07, 6.45) is 2.19. The van der Waals surface area contributed by atoms with Crippen molar-refractivity contribution in [2.45, 2.75) is 25.7 Å². The summed E-state index contributed by atoms with van der Waals surface area (Å²) < 4.78 is 5.21. The van der Waals surface area contributed by atoms with Crippen molar-refractivity contribution < 1.29 is 14.3 Å². The molecule has 2 heterocycles. The molecule has 1 aromatic carbocycles. The molecule has 1 aliphatic heterocycles. The molecule has 5 heteroatoms. The Morgan fingerprint density at radius 1 is 1.27 bits per heavy atom. The van der Waals surface area contributed by atoms with Crippen molar-refractivity contribution in [2.24, 2.45) is 0 Å².